The molecule has 2 aromatic rings. The molecule has 7 nitrogen and oxygen atoms in total. The molecule has 1 amide bonds. The van der Waals surface area contributed by atoms with Crippen LogP contribution in [0.4, 0.5) is 5.82 Å². The lowest BCUT2D eigenvalue weighted by Crippen LogP contribution is -2.46. The van der Waals surface area contributed by atoms with Crippen molar-refractivity contribution in [3.8, 4) is 0 Å². The first kappa shape index (κ1) is 17.4. The third kappa shape index (κ3) is 4.17. The zero-order valence-electron chi connectivity index (χ0n) is 14.8. The molecule has 7 heteroatoms. The Hall–Kier alpha value is -2.41. The van der Waals surface area contributed by atoms with Crippen LogP contribution in [0.5, 0.6) is 0 Å². The number of rotatable bonds is 6. The molecule has 0 spiro atoms. The number of nitrogens with zero attached hydrogens (tertiary/aromatic N) is 3. The largest absolute Gasteiger partial charge is 0.467 e. The van der Waals surface area contributed by atoms with E-state index in [4.69, 9.17) is 4.42 Å². The minimum absolute atomic E-state index is 0.0173. The first-order chi connectivity index (χ1) is 12.2. The predicted molar refractivity (Wildman–Crippen MR) is 95.4 cm³/mol. The topological polar surface area (TPSA) is 83.3 Å². The van der Waals surface area contributed by atoms with E-state index in [1.54, 1.807) is 12.5 Å². The number of piperidine rings is 1. The van der Waals surface area contributed by atoms with Gasteiger partial charge >= 0.3 is 0 Å². The average Bonchev–Trinajstić information content (AvgIpc) is 3.15. The summed E-state index contributed by atoms with van der Waals surface area (Å²) in [7, 11) is 0. The summed E-state index contributed by atoms with van der Waals surface area (Å²) >= 11 is 0. The number of carbonyl (C=O) groups is 1. The van der Waals surface area contributed by atoms with E-state index in [9.17, 15) is 4.79 Å². The number of anilines is 1. The van der Waals surface area contributed by atoms with E-state index in [2.05, 4.69) is 20.6 Å². The van der Waals surface area contributed by atoms with E-state index in [0.29, 0.717) is 30.3 Å². The van der Waals surface area contributed by atoms with Gasteiger partial charge in [-0.2, -0.15) is 0 Å². The first-order valence-corrected chi connectivity index (χ1v) is 8.80. The van der Waals surface area contributed by atoms with Crippen molar-refractivity contribution in [2.75, 3.05) is 25.0 Å². The minimum atomic E-state index is -0.0173. The van der Waals surface area contributed by atoms with E-state index >= 15 is 0 Å². The molecule has 1 aliphatic rings. The van der Waals surface area contributed by atoms with Gasteiger partial charge in [0, 0.05) is 18.8 Å². The molecule has 0 atom stereocenters. The summed E-state index contributed by atoms with van der Waals surface area (Å²) in [5.41, 5.74) is 0.512. The maximum Gasteiger partial charge on any atom is 0.259 e. The van der Waals surface area contributed by atoms with Gasteiger partial charge in [-0.25, -0.2) is 9.97 Å². The van der Waals surface area contributed by atoms with E-state index in [-0.39, 0.29) is 11.9 Å². The van der Waals surface area contributed by atoms with E-state index in [1.165, 1.54) is 0 Å². The fraction of sp³-hybridized carbons (Fsp3) is 0.500. The van der Waals surface area contributed by atoms with Crippen molar-refractivity contribution in [2.24, 2.45) is 0 Å². The fourth-order valence-corrected chi connectivity index (χ4v) is 3.19. The Morgan fingerprint density at radius 2 is 2.24 bits per heavy atom. The van der Waals surface area contributed by atoms with Gasteiger partial charge in [-0.15, -0.1) is 0 Å². The number of furan rings is 1. The van der Waals surface area contributed by atoms with Crippen LogP contribution in [-0.2, 0) is 6.54 Å². The van der Waals surface area contributed by atoms with Crippen molar-refractivity contribution < 1.29 is 9.21 Å². The summed E-state index contributed by atoms with van der Waals surface area (Å²) in [6, 6.07) is 3.98. The van der Waals surface area contributed by atoms with E-state index < -0.39 is 0 Å². The molecule has 1 fully saturated rings. The van der Waals surface area contributed by atoms with Gasteiger partial charge in [0.25, 0.3) is 5.91 Å². The SMILES string of the molecule is CCN(C(=O)c1cnc(C)nc1NCc1ccco1)C1CCNCC1. The summed E-state index contributed by atoms with van der Waals surface area (Å²) in [5, 5.41) is 6.56. The van der Waals surface area contributed by atoms with Crippen molar-refractivity contribution in [1.82, 2.24) is 20.2 Å². The van der Waals surface area contributed by atoms with Gasteiger partial charge in [0.2, 0.25) is 0 Å². The number of amides is 1. The maximum absolute atomic E-state index is 13.1. The quantitative estimate of drug-likeness (QED) is 0.837. The molecule has 3 heterocycles. The summed E-state index contributed by atoms with van der Waals surface area (Å²) in [4.78, 5) is 23.7. The second kappa shape index (κ2) is 8.11. The van der Waals surface area contributed by atoms with Crippen LogP contribution in [0.1, 0.15) is 41.7 Å². The van der Waals surface area contributed by atoms with Gasteiger partial charge < -0.3 is 20.0 Å². The van der Waals surface area contributed by atoms with Crippen molar-refractivity contribution in [2.45, 2.75) is 39.3 Å². The van der Waals surface area contributed by atoms with Crippen LogP contribution < -0.4 is 10.6 Å². The lowest BCUT2D eigenvalue weighted by molar-refractivity contribution is 0.0656. The lowest BCUT2D eigenvalue weighted by atomic mass is 10.0. The highest BCUT2D eigenvalue weighted by Crippen LogP contribution is 2.20. The van der Waals surface area contributed by atoms with Crippen molar-refractivity contribution >= 4 is 11.7 Å². The molecule has 0 unspecified atom stereocenters. The molecule has 0 radical (unpaired) electrons. The molecular formula is C18H25N5O2. The highest BCUT2D eigenvalue weighted by molar-refractivity contribution is 5.98. The third-order valence-electron chi connectivity index (χ3n) is 4.50. The highest BCUT2D eigenvalue weighted by atomic mass is 16.3. The molecule has 134 valence electrons. The van der Waals surface area contributed by atoms with Crippen LogP contribution in [0.2, 0.25) is 0 Å². The molecule has 3 rings (SSSR count). The van der Waals surface area contributed by atoms with Gasteiger partial charge in [0.05, 0.1) is 12.8 Å². The number of nitrogens with one attached hydrogen (secondary N) is 2. The van der Waals surface area contributed by atoms with Crippen LogP contribution in [0.25, 0.3) is 0 Å². The van der Waals surface area contributed by atoms with Crippen LogP contribution in [0.15, 0.2) is 29.0 Å². The number of hydrogen-bond acceptors (Lipinski definition) is 6. The monoisotopic (exact) mass is 343 g/mol. The molecule has 0 saturated carbocycles. The normalized spacial score (nSPS) is 15.1. The zero-order valence-corrected chi connectivity index (χ0v) is 14.8. The highest BCUT2D eigenvalue weighted by Gasteiger charge is 2.27. The molecule has 0 bridgehead atoms. The fourth-order valence-electron chi connectivity index (χ4n) is 3.19. The lowest BCUT2D eigenvalue weighted by Gasteiger charge is -2.34. The Bertz CT molecular complexity index is 695. The number of hydrogen-bond donors (Lipinski definition) is 2. The molecule has 0 aromatic carbocycles. The Labute approximate surface area is 147 Å². The van der Waals surface area contributed by atoms with Crippen molar-refractivity contribution in [1.29, 1.82) is 0 Å². The zero-order chi connectivity index (χ0) is 17.6. The van der Waals surface area contributed by atoms with Gasteiger partial charge in [-0.1, -0.05) is 0 Å². The van der Waals surface area contributed by atoms with Gasteiger partial charge in [0.15, 0.2) is 0 Å². The van der Waals surface area contributed by atoms with Gasteiger partial charge in [0.1, 0.15) is 23.0 Å². The molecule has 25 heavy (non-hydrogen) atoms. The Kier molecular flexibility index (Phi) is 5.65. The summed E-state index contributed by atoms with van der Waals surface area (Å²) in [5.74, 6) is 1.96. The second-order valence-electron chi connectivity index (χ2n) is 6.18. The Morgan fingerprint density at radius 3 is 2.92 bits per heavy atom. The molecule has 1 saturated heterocycles. The summed E-state index contributed by atoms with van der Waals surface area (Å²) < 4.78 is 5.34. The van der Waals surface area contributed by atoms with Crippen molar-refractivity contribution in [3.05, 3.63) is 41.7 Å². The first-order valence-electron chi connectivity index (χ1n) is 8.80. The second-order valence-corrected chi connectivity index (χ2v) is 6.18. The van der Waals surface area contributed by atoms with Crippen LogP contribution in [-0.4, -0.2) is 46.5 Å². The molecule has 2 aromatic heterocycles. The molecule has 2 N–H and O–H groups in total. The average molecular weight is 343 g/mol. The van der Waals surface area contributed by atoms with E-state index in [1.807, 2.05) is 30.9 Å². The van der Waals surface area contributed by atoms with Gasteiger partial charge in [-0.05, 0) is 51.9 Å². The van der Waals surface area contributed by atoms with Crippen LogP contribution in [0.3, 0.4) is 0 Å². The predicted octanol–water partition coefficient (Wildman–Crippen LogP) is 2.20. The smallest absolute Gasteiger partial charge is 0.259 e. The summed E-state index contributed by atoms with van der Waals surface area (Å²) in [6.45, 7) is 6.88. The Morgan fingerprint density at radius 1 is 1.44 bits per heavy atom. The van der Waals surface area contributed by atoms with Crippen molar-refractivity contribution in [3.63, 3.8) is 0 Å². The molecule has 0 aliphatic carbocycles. The van der Waals surface area contributed by atoms with Crippen LogP contribution in [0, 0.1) is 6.92 Å². The standard InChI is InChI=1S/C18H25N5O2/c1-3-23(14-6-8-19-9-7-14)18(24)16-12-20-13(2)22-17(16)21-11-15-5-4-10-25-15/h4-5,10,12,14,19H,3,6-9,11H2,1-2H3,(H,20,21,22). The Balaban J connectivity index is 1.80. The van der Waals surface area contributed by atoms with E-state index in [0.717, 1.165) is 31.7 Å². The third-order valence-corrected chi connectivity index (χ3v) is 4.50. The molecular weight excluding hydrogens is 318 g/mol. The minimum Gasteiger partial charge on any atom is -0.467 e. The number of aryl methyl sites for hydroxylation is 1. The summed E-state index contributed by atoms with van der Waals surface area (Å²) in [6.07, 6.45) is 5.20. The molecule has 1 aliphatic heterocycles. The number of carbonyl (C=O) groups excluding carboxylic acids is 1. The van der Waals surface area contributed by atoms with Gasteiger partial charge in [-0.3, -0.25) is 4.79 Å². The number of aromatic nitrogens is 2. The maximum atomic E-state index is 13.1. The van der Waals surface area contributed by atoms with Crippen LogP contribution >= 0.6 is 0 Å².